The molecular weight excluding hydrogens is 569 g/mol. The molecule has 0 spiro atoms. The van der Waals surface area contributed by atoms with Crippen molar-refractivity contribution in [2.24, 2.45) is 0 Å². The number of hydrogen-bond donors (Lipinski definition) is 4. The Morgan fingerprint density at radius 2 is 0.929 bits per heavy atom. The van der Waals surface area contributed by atoms with Crippen LogP contribution in [0, 0.1) is 0 Å². The topological polar surface area (TPSA) is 101 Å². The number of thioether (sulfide) groups is 2. The van der Waals surface area contributed by atoms with Gasteiger partial charge < -0.3 is 30.7 Å². The van der Waals surface area contributed by atoms with E-state index in [0.717, 1.165) is 57.0 Å². The van der Waals surface area contributed by atoms with Crippen molar-refractivity contribution in [2.45, 2.75) is 22.6 Å². The van der Waals surface area contributed by atoms with Gasteiger partial charge in [0.2, 0.25) is 0 Å². The minimum atomic E-state index is -0.297. The molecule has 8 nitrogen and oxygen atoms in total. The standard InChI is InChI=1S/C32H34N4O4S2/c1-39-25-17-13-23(14-18-25)33-31(37)35-27-9-3-5-11-29(27)41-21-7-8-22-42-30-12-6-4-10-28(30)36-32(38)34-24-15-19-26(40-2)20-16-24/h3-6,9-20H,7-8,21-22H2,1-2H3,(H2,33,35,37)(H2,34,36,38). The van der Waals surface area contributed by atoms with E-state index >= 15 is 0 Å². The molecule has 0 saturated carbocycles. The second-order valence-corrected chi connectivity index (χ2v) is 11.3. The van der Waals surface area contributed by atoms with Gasteiger partial charge in [0.15, 0.2) is 0 Å². The number of amides is 4. The Kier molecular flexibility index (Phi) is 11.9. The van der Waals surface area contributed by atoms with Crippen LogP contribution in [0.3, 0.4) is 0 Å². The predicted octanol–water partition coefficient (Wildman–Crippen LogP) is 8.66. The van der Waals surface area contributed by atoms with Crippen molar-refractivity contribution in [3.8, 4) is 11.5 Å². The number of urea groups is 2. The van der Waals surface area contributed by atoms with Crippen LogP contribution in [-0.4, -0.2) is 37.8 Å². The number of para-hydroxylation sites is 2. The fraction of sp³-hybridized carbons (Fsp3) is 0.188. The van der Waals surface area contributed by atoms with E-state index in [1.807, 2.05) is 48.5 Å². The van der Waals surface area contributed by atoms with Crippen molar-refractivity contribution in [3.63, 3.8) is 0 Å². The summed E-state index contributed by atoms with van der Waals surface area (Å²) in [7, 11) is 3.21. The Hall–Kier alpha value is -4.28. The Labute approximate surface area is 255 Å². The number of carbonyl (C=O) groups is 2. The number of benzene rings is 4. The molecule has 4 aromatic rings. The summed E-state index contributed by atoms with van der Waals surface area (Å²) in [4.78, 5) is 27.1. The molecule has 0 bridgehead atoms. The van der Waals surface area contributed by atoms with Crippen LogP contribution in [0.15, 0.2) is 107 Å². The summed E-state index contributed by atoms with van der Waals surface area (Å²) in [6.45, 7) is 0. The normalized spacial score (nSPS) is 10.4. The molecule has 10 heteroatoms. The number of methoxy groups -OCH3 is 2. The van der Waals surface area contributed by atoms with E-state index in [1.165, 1.54) is 0 Å². The summed E-state index contributed by atoms with van der Waals surface area (Å²) in [5.41, 5.74) is 2.92. The minimum Gasteiger partial charge on any atom is -0.497 e. The molecule has 0 aliphatic heterocycles. The Morgan fingerprint density at radius 1 is 0.548 bits per heavy atom. The van der Waals surface area contributed by atoms with Crippen molar-refractivity contribution in [1.82, 2.24) is 0 Å². The van der Waals surface area contributed by atoms with Crippen LogP contribution in [-0.2, 0) is 0 Å². The highest BCUT2D eigenvalue weighted by Crippen LogP contribution is 2.30. The highest BCUT2D eigenvalue weighted by atomic mass is 32.2. The van der Waals surface area contributed by atoms with Crippen LogP contribution in [0.5, 0.6) is 11.5 Å². The number of rotatable bonds is 13. The van der Waals surface area contributed by atoms with Crippen molar-refractivity contribution in [3.05, 3.63) is 97.1 Å². The molecule has 42 heavy (non-hydrogen) atoms. The van der Waals surface area contributed by atoms with Crippen LogP contribution in [0.25, 0.3) is 0 Å². The van der Waals surface area contributed by atoms with Gasteiger partial charge in [0.25, 0.3) is 0 Å². The SMILES string of the molecule is COc1ccc(NC(=O)Nc2ccccc2SCCCCSc2ccccc2NC(=O)Nc2ccc(OC)cc2)cc1. The lowest BCUT2D eigenvalue weighted by Gasteiger charge is -2.13. The Balaban J connectivity index is 1.19. The average molecular weight is 603 g/mol. The lowest BCUT2D eigenvalue weighted by molar-refractivity contribution is 0.261. The first-order valence-corrected chi connectivity index (χ1v) is 15.4. The molecule has 0 aliphatic carbocycles. The van der Waals surface area contributed by atoms with Gasteiger partial charge in [-0.15, -0.1) is 23.5 Å². The van der Waals surface area contributed by atoms with Gasteiger partial charge in [-0.3, -0.25) is 0 Å². The molecule has 4 aromatic carbocycles. The summed E-state index contributed by atoms with van der Waals surface area (Å²) in [6.07, 6.45) is 2.02. The molecule has 0 unspecified atom stereocenters. The van der Waals surface area contributed by atoms with Crippen molar-refractivity contribution >= 4 is 58.3 Å². The van der Waals surface area contributed by atoms with Crippen LogP contribution in [0.2, 0.25) is 0 Å². The van der Waals surface area contributed by atoms with Gasteiger partial charge in [0, 0.05) is 21.2 Å². The zero-order valence-electron chi connectivity index (χ0n) is 23.5. The molecule has 0 heterocycles. The number of ether oxygens (including phenoxy) is 2. The molecule has 218 valence electrons. The maximum atomic E-state index is 12.5. The van der Waals surface area contributed by atoms with E-state index in [-0.39, 0.29) is 12.1 Å². The van der Waals surface area contributed by atoms with E-state index in [9.17, 15) is 9.59 Å². The van der Waals surface area contributed by atoms with E-state index in [1.54, 1.807) is 86.3 Å². The Morgan fingerprint density at radius 3 is 1.31 bits per heavy atom. The molecule has 4 N–H and O–H groups in total. The van der Waals surface area contributed by atoms with Gasteiger partial charge in [-0.1, -0.05) is 24.3 Å². The highest BCUT2D eigenvalue weighted by Gasteiger charge is 2.09. The third kappa shape index (κ3) is 9.67. The van der Waals surface area contributed by atoms with Crippen molar-refractivity contribution < 1.29 is 19.1 Å². The summed E-state index contributed by atoms with van der Waals surface area (Å²) in [5.74, 6) is 3.30. The summed E-state index contributed by atoms with van der Waals surface area (Å²) in [5, 5.41) is 11.6. The second kappa shape index (κ2) is 16.2. The summed E-state index contributed by atoms with van der Waals surface area (Å²) in [6, 6.07) is 29.4. The van der Waals surface area contributed by atoms with Crippen molar-refractivity contribution in [2.75, 3.05) is 47.0 Å². The van der Waals surface area contributed by atoms with Gasteiger partial charge in [0.05, 0.1) is 25.6 Å². The zero-order chi connectivity index (χ0) is 29.6. The lowest BCUT2D eigenvalue weighted by Crippen LogP contribution is -2.19. The van der Waals surface area contributed by atoms with Crippen LogP contribution in [0.1, 0.15) is 12.8 Å². The number of unbranched alkanes of at least 4 members (excludes halogenated alkanes) is 1. The van der Waals surface area contributed by atoms with Gasteiger partial charge >= 0.3 is 12.1 Å². The van der Waals surface area contributed by atoms with Gasteiger partial charge in [0.1, 0.15) is 11.5 Å². The fourth-order valence-corrected chi connectivity index (χ4v) is 5.91. The van der Waals surface area contributed by atoms with Gasteiger partial charge in [-0.2, -0.15) is 0 Å². The average Bonchev–Trinajstić information content (AvgIpc) is 3.01. The fourth-order valence-electron chi connectivity index (χ4n) is 3.88. The molecule has 0 aliphatic rings. The van der Waals surface area contributed by atoms with Crippen LogP contribution >= 0.6 is 23.5 Å². The third-order valence-electron chi connectivity index (χ3n) is 6.02. The highest BCUT2D eigenvalue weighted by molar-refractivity contribution is 7.99. The van der Waals surface area contributed by atoms with Gasteiger partial charge in [-0.05, 0) is 97.1 Å². The first kappa shape index (κ1) is 30.7. The van der Waals surface area contributed by atoms with E-state index in [4.69, 9.17) is 9.47 Å². The zero-order valence-corrected chi connectivity index (χ0v) is 25.1. The minimum absolute atomic E-state index is 0.297. The van der Waals surface area contributed by atoms with Crippen LogP contribution < -0.4 is 30.7 Å². The lowest BCUT2D eigenvalue weighted by atomic mass is 10.3. The quantitative estimate of drug-likeness (QED) is 0.0903. The number of nitrogens with one attached hydrogen (secondary N) is 4. The number of anilines is 4. The molecule has 0 atom stereocenters. The van der Waals surface area contributed by atoms with E-state index < -0.39 is 0 Å². The Bertz CT molecular complexity index is 1340. The summed E-state index contributed by atoms with van der Waals surface area (Å²) < 4.78 is 10.3. The first-order valence-electron chi connectivity index (χ1n) is 13.4. The third-order valence-corrected chi connectivity index (χ3v) is 8.34. The largest absolute Gasteiger partial charge is 0.497 e. The summed E-state index contributed by atoms with van der Waals surface area (Å²) >= 11 is 3.44. The molecule has 4 rings (SSSR count). The molecule has 0 saturated heterocycles. The predicted molar refractivity (Wildman–Crippen MR) is 175 cm³/mol. The molecule has 0 aromatic heterocycles. The molecule has 0 fully saturated rings. The van der Waals surface area contributed by atoms with Gasteiger partial charge in [-0.25, -0.2) is 9.59 Å². The molecule has 4 amide bonds. The van der Waals surface area contributed by atoms with Crippen molar-refractivity contribution in [1.29, 1.82) is 0 Å². The molecular formula is C32H34N4O4S2. The van der Waals surface area contributed by atoms with E-state index in [0.29, 0.717) is 11.4 Å². The monoisotopic (exact) mass is 602 g/mol. The number of carbonyl (C=O) groups excluding carboxylic acids is 2. The smallest absolute Gasteiger partial charge is 0.323 e. The number of hydrogen-bond acceptors (Lipinski definition) is 6. The first-order chi connectivity index (χ1) is 20.5. The molecule has 0 radical (unpaired) electrons. The van der Waals surface area contributed by atoms with E-state index in [2.05, 4.69) is 21.3 Å². The maximum Gasteiger partial charge on any atom is 0.323 e. The van der Waals surface area contributed by atoms with Crippen LogP contribution in [0.4, 0.5) is 32.3 Å². The second-order valence-electron chi connectivity index (χ2n) is 9.01. The maximum absolute atomic E-state index is 12.5.